The normalized spacial score (nSPS) is 15.5. The summed E-state index contributed by atoms with van der Waals surface area (Å²) in [4.78, 5) is 0. The zero-order valence-electron chi connectivity index (χ0n) is 15.5. The first-order chi connectivity index (χ1) is 13.8. The van der Waals surface area contributed by atoms with Crippen molar-refractivity contribution in [2.45, 2.75) is 5.92 Å². The predicted molar refractivity (Wildman–Crippen MR) is 118 cm³/mol. The van der Waals surface area contributed by atoms with Gasteiger partial charge in [-0.1, -0.05) is 103 Å². The Morgan fingerprint density at radius 1 is 0.536 bits per heavy atom. The highest BCUT2D eigenvalue weighted by Gasteiger charge is 2.34. The first kappa shape index (κ1) is 16.6. The van der Waals surface area contributed by atoms with E-state index in [9.17, 15) is 0 Å². The number of allylic oxidation sites excluding steroid dienone is 1. The summed E-state index contributed by atoms with van der Waals surface area (Å²) in [5, 5.41) is 0. The predicted octanol–water partition coefficient (Wildman–Crippen LogP) is 6.37. The number of rotatable bonds is 3. The van der Waals surface area contributed by atoms with Crippen LogP contribution >= 0.6 is 0 Å². The van der Waals surface area contributed by atoms with Gasteiger partial charge in [0.05, 0.1) is 0 Å². The fraction of sp³-hybridized carbons (Fsp3) is 0.0370. The number of nitrogens with two attached hydrogens (primary N) is 1. The molecule has 1 unspecified atom stereocenters. The van der Waals surface area contributed by atoms with E-state index in [-0.39, 0.29) is 5.92 Å². The molecule has 4 aromatic carbocycles. The molecule has 2 N–H and O–H groups in total. The Kier molecular flexibility index (Phi) is 4.06. The van der Waals surface area contributed by atoms with Gasteiger partial charge in [-0.2, -0.15) is 0 Å². The number of hydrogen-bond donors (Lipinski definition) is 1. The third-order valence-electron chi connectivity index (χ3n) is 5.53. The molecule has 0 spiro atoms. The summed E-state index contributed by atoms with van der Waals surface area (Å²) in [5.74, 6) is 0.164. The van der Waals surface area contributed by atoms with E-state index in [0.717, 1.165) is 5.69 Å². The second kappa shape index (κ2) is 6.86. The van der Waals surface area contributed by atoms with Gasteiger partial charge in [0, 0.05) is 17.2 Å². The fourth-order valence-electron chi connectivity index (χ4n) is 4.38. The van der Waals surface area contributed by atoms with Gasteiger partial charge < -0.3 is 5.73 Å². The summed E-state index contributed by atoms with van der Waals surface area (Å²) < 4.78 is 0. The summed E-state index contributed by atoms with van der Waals surface area (Å²) in [7, 11) is 0. The largest absolute Gasteiger partial charge is 0.398 e. The lowest BCUT2D eigenvalue weighted by atomic mass is 9.84. The standard InChI is InChI=1S/C27H21N/c28-23-18-10-17-22-24(19-11-4-1-5-12-19)25(20-13-6-2-7-14-20)26(27(22)23)21-15-8-3-9-16-21/h1-18,24H,28H2. The average molecular weight is 359 g/mol. The smallest absolute Gasteiger partial charge is 0.0397 e. The van der Waals surface area contributed by atoms with Crippen LogP contribution < -0.4 is 5.73 Å². The highest BCUT2D eigenvalue weighted by atomic mass is 14.6. The van der Waals surface area contributed by atoms with Crippen molar-refractivity contribution in [2.75, 3.05) is 5.73 Å². The van der Waals surface area contributed by atoms with Gasteiger partial charge >= 0.3 is 0 Å². The Morgan fingerprint density at radius 3 is 1.75 bits per heavy atom. The molecule has 1 heteroatoms. The first-order valence-electron chi connectivity index (χ1n) is 9.63. The van der Waals surface area contributed by atoms with E-state index in [1.54, 1.807) is 0 Å². The number of anilines is 1. The maximum atomic E-state index is 6.55. The Hall–Kier alpha value is -3.58. The second-order valence-electron chi connectivity index (χ2n) is 7.18. The summed E-state index contributed by atoms with van der Waals surface area (Å²) in [6.45, 7) is 0. The van der Waals surface area contributed by atoms with E-state index >= 15 is 0 Å². The zero-order valence-corrected chi connectivity index (χ0v) is 15.5. The van der Waals surface area contributed by atoms with Gasteiger partial charge in [-0.3, -0.25) is 0 Å². The monoisotopic (exact) mass is 359 g/mol. The molecule has 4 aromatic rings. The van der Waals surface area contributed by atoms with Gasteiger partial charge in [0.1, 0.15) is 0 Å². The Labute approximate surface area is 165 Å². The SMILES string of the molecule is Nc1cccc2c1C(c1ccccc1)=C(c1ccccc1)C2c1ccccc1. The quantitative estimate of drug-likeness (QED) is 0.422. The van der Waals surface area contributed by atoms with Gasteiger partial charge in [0.15, 0.2) is 0 Å². The number of nitrogen functional groups attached to an aromatic ring is 1. The minimum atomic E-state index is 0.164. The van der Waals surface area contributed by atoms with Crippen molar-refractivity contribution in [3.05, 3.63) is 137 Å². The molecule has 1 nitrogen and oxygen atoms in total. The molecule has 28 heavy (non-hydrogen) atoms. The van der Waals surface area contributed by atoms with Gasteiger partial charge in [-0.25, -0.2) is 0 Å². The van der Waals surface area contributed by atoms with Crippen LogP contribution in [-0.4, -0.2) is 0 Å². The maximum Gasteiger partial charge on any atom is 0.0397 e. The molecule has 0 saturated carbocycles. The van der Waals surface area contributed by atoms with E-state index < -0.39 is 0 Å². The number of fused-ring (bicyclic) bond motifs is 1. The summed E-state index contributed by atoms with van der Waals surface area (Å²) in [5.41, 5.74) is 16.1. The topological polar surface area (TPSA) is 26.0 Å². The average Bonchev–Trinajstić information content (AvgIpc) is 3.12. The van der Waals surface area contributed by atoms with Gasteiger partial charge in [0.25, 0.3) is 0 Å². The molecule has 0 heterocycles. The Balaban J connectivity index is 1.89. The first-order valence-corrected chi connectivity index (χ1v) is 9.63. The van der Waals surface area contributed by atoms with Crippen LogP contribution in [0.25, 0.3) is 11.1 Å². The van der Waals surface area contributed by atoms with Crippen molar-refractivity contribution in [1.82, 2.24) is 0 Å². The summed E-state index contributed by atoms with van der Waals surface area (Å²) in [6.07, 6.45) is 0. The molecule has 0 aliphatic heterocycles. The van der Waals surface area contributed by atoms with Crippen LogP contribution in [0.15, 0.2) is 109 Å². The summed E-state index contributed by atoms with van der Waals surface area (Å²) >= 11 is 0. The minimum Gasteiger partial charge on any atom is -0.398 e. The van der Waals surface area contributed by atoms with Crippen LogP contribution in [-0.2, 0) is 0 Å². The molecule has 0 radical (unpaired) electrons. The molecule has 134 valence electrons. The molecular formula is C27H21N. The van der Waals surface area contributed by atoms with Crippen molar-refractivity contribution in [1.29, 1.82) is 0 Å². The Morgan fingerprint density at radius 2 is 1.11 bits per heavy atom. The Bertz CT molecular complexity index is 1140. The van der Waals surface area contributed by atoms with Crippen LogP contribution in [0.5, 0.6) is 0 Å². The van der Waals surface area contributed by atoms with E-state index in [1.165, 1.54) is 39.0 Å². The lowest BCUT2D eigenvalue weighted by Crippen LogP contribution is -2.01. The van der Waals surface area contributed by atoms with Crippen LogP contribution in [0, 0.1) is 0 Å². The fourth-order valence-corrected chi connectivity index (χ4v) is 4.38. The van der Waals surface area contributed by atoms with Crippen molar-refractivity contribution >= 4 is 16.8 Å². The molecule has 0 bridgehead atoms. The second-order valence-corrected chi connectivity index (χ2v) is 7.18. The molecular weight excluding hydrogens is 338 g/mol. The zero-order chi connectivity index (χ0) is 18.9. The van der Waals surface area contributed by atoms with E-state index in [0.29, 0.717) is 0 Å². The lowest BCUT2D eigenvalue weighted by Gasteiger charge is -2.18. The highest BCUT2D eigenvalue weighted by molar-refractivity contribution is 6.09. The van der Waals surface area contributed by atoms with Crippen molar-refractivity contribution in [2.24, 2.45) is 0 Å². The van der Waals surface area contributed by atoms with Crippen LogP contribution in [0.3, 0.4) is 0 Å². The van der Waals surface area contributed by atoms with Crippen LogP contribution in [0.2, 0.25) is 0 Å². The third-order valence-corrected chi connectivity index (χ3v) is 5.53. The van der Waals surface area contributed by atoms with E-state index in [1.807, 2.05) is 6.07 Å². The number of hydrogen-bond acceptors (Lipinski definition) is 1. The highest BCUT2D eigenvalue weighted by Crippen LogP contribution is 2.53. The number of benzene rings is 4. The van der Waals surface area contributed by atoms with Crippen molar-refractivity contribution in [3.8, 4) is 0 Å². The minimum absolute atomic E-state index is 0.164. The van der Waals surface area contributed by atoms with Crippen LogP contribution in [0.4, 0.5) is 5.69 Å². The molecule has 1 atom stereocenters. The van der Waals surface area contributed by atoms with E-state index in [4.69, 9.17) is 5.73 Å². The van der Waals surface area contributed by atoms with Gasteiger partial charge in [-0.15, -0.1) is 0 Å². The molecule has 0 fully saturated rings. The summed E-state index contributed by atoms with van der Waals surface area (Å²) in [6, 6.07) is 38.4. The molecule has 1 aliphatic carbocycles. The lowest BCUT2D eigenvalue weighted by molar-refractivity contribution is 1.07. The maximum absolute atomic E-state index is 6.55. The van der Waals surface area contributed by atoms with Gasteiger partial charge in [-0.05, 0) is 39.5 Å². The van der Waals surface area contributed by atoms with Gasteiger partial charge in [0.2, 0.25) is 0 Å². The molecule has 0 amide bonds. The molecule has 0 aromatic heterocycles. The van der Waals surface area contributed by atoms with Crippen LogP contribution in [0.1, 0.15) is 33.7 Å². The molecule has 0 saturated heterocycles. The van der Waals surface area contributed by atoms with Crippen molar-refractivity contribution in [3.63, 3.8) is 0 Å². The molecule has 1 aliphatic rings. The van der Waals surface area contributed by atoms with Crippen molar-refractivity contribution < 1.29 is 0 Å². The van der Waals surface area contributed by atoms with E-state index in [2.05, 4.69) is 103 Å². The third kappa shape index (κ3) is 2.64. The molecule has 5 rings (SSSR count).